The summed E-state index contributed by atoms with van der Waals surface area (Å²) in [6.07, 6.45) is 4.23. The van der Waals surface area contributed by atoms with Crippen molar-refractivity contribution < 1.29 is 4.79 Å². The summed E-state index contributed by atoms with van der Waals surface area (Å²) >= 11 is 5.50. The van der Waals surface area contributed by atoms with Gasteiger partial charge in [0.05, 0.1) is 0 Å². The van der Waals surface area contributed by atoms with Gasteiger partial charge in [0.25, 0.3) is 0 Å². The third-order valence-corrected chi connectivity index (χ3v) is 4.62. The third kappa shape index (κ3) is 1.04. The van der Waals surface area contributed by atoms with Gasteiger partial charge in [0, 0.05) is 13.1 Å². The monoisotopic (exact) mass is 199 g/mol. The van der Waals surface area contributed by atoms with Gasteiger partial charge in [-0.15, -0.1) is 0 Å². The molecular weight excluding hydrogens is 186 g/mol. The first kappa shape index (κ1) is 8.10. The number of halogens is 1. The molecule has 13 heavy (non-hydrogen) atoms. The molecule has 2 unspecified atom stereocenters. The van der Waals surface area contributed by atoms with Gasteiger partial charge in [-0.2, -0.15) is 0 Å². The highest BCUT2D eigenvalue weighted by molar-refractivity contribution is 6.62. The number of carbonyl (C=O) groups excluding carboxylic acids is 1. The first-order valence-corrected chi connectivity index (χ1v) is 5.58. The number of hydrogen-bond acceptors (Lipinski definition) is 1. The van der Waals surface area contributed by atoms with E-state index in [1.165, 1.54) is 19.3 Å². The highest BCUT2D eigenvalue weighted by atomic mass is 35.5. The van der Waals surface area contributed by atoms with Crippen molar-refractivity contribution in [3.63, 3.8) is 0 Å². The number of likely N-dealkylation sites (tertiary alicyclic amines) is 1. The van der Waals surface area contributed by atoms with E-state index in [1.54, 1.807) is 0 Å². The first-order valence-electron chi connectivity index (χ1n) is 5.20. The van der Waals surface area contributed by atoms with Crippen LogP contribution in [0.15, 0.2) is 0 Å². The van der Waals surface area contributed by atoms with E-state index in [2.05, 4.69) is 0 Å². The van der Waals surface area contributed by atoms with Crippen molar-refractivity contribution in [2.24, 2.45) is 23.7 Å². The molecule has 0 N–H and O–H groups in total. The number of fused-ring (bicyclic) bond motifs is 5. The van der Waals surface area contributed by atoms with E-state index in [4.69, 9.17) is 11.6 Å². The topological polar surface area (TPSA) is 20.3 Å². The second-order valence-corrected chi connectivity index (χ2v) is 5.14. The van der Waals surface area contributed by atoms with E-state index < -0.39 is 0 Å². The number of hydrogen-bond donors (Lipinski definition) is 0. The standard InChI is InChI=1S/C10H14ClNO/c11-10(13)12-4-8-6-1-2-7(3-6)9(8)5-12/h6-9H,1-5H2/t6?,7?,8-,9+. The minimum absolute atomic E-state index is 0.242. The van der Waals surface area contributed by atoms with Crippen molar-refractivity contribution in [2.75, 3.05) is 13.1 Å². The maximum Gasteiger partial charge on any atom is 0.316 e. The lowest BCUT2D eigenvalue weighted by molar-refractivity contribution is 0.226. The molecule has 1 aliphatic heterocycles. The minimum atomic E-state index is -0.242. The van der Waals surface area contributed by atoms with Gasteiger partial charge in [-0.1, -0.05) is 0 Å². The zero-order chi connectivity index (χ0) is 9.00. The van der Waals surface area contributed by atoms with Crippen LogP contribution in [0.1, 0.15) is 19.3 Å². The van der Waals surface area contributed by atoms with Crippen molar-refractivity contribution >= 4 is 17.0 Å². The van der Waals surface area contributed by atoms with Crippen LogP contribution in [0.5, 0.6) is 0 Å². The molecule has 3 fully saturated rings. The van der Waals surface area contributed by atoms with Crippen LogP contribution < -0.4 is 0 Å². The number of rotatable bonds is 0. The molecule has 3 aliphatic rings. The molecule has 1 amide bonds. The van der Waals surface area contributed by atoms with Gasteiger partial charge >= 0.3 is 5.37 Å². The Morgan fingerprint density at radius 1 is 1.15 bits per heavy atom. The summed E-state index contributed by atoms with van der Waals surface area (Å²) < 4.78 is 0. The Labute approximate surface area is 83.2 Å². The summed E-state index contributed by atoms with van der Waals surface area (Å²) in [6.45, 7) is 1.88. The Bertz CT molecular complexity index is 237. The lowest BCUT2D eigenvalue weighted by atomic mass is 9.82. The molecule has 3 rings (SSSR count). The summed E-state index contributed by atoms with van der Waals surface area (Å²) in [5.74, 6) is 3.41. The van der Waals surface area contributed by atoms with Crippen molar-refractivity contribution in [1.82, 2.24) is 4.90 Å². The van der Waals surface area contributed by atoms with E-state index in [1.807, 2.05) is 4.90 Å². The molecule has 2 nitrogen and oxygen atoms in total. The normalized spacial score (nSPS) is 47.0. The van der Waals surface area contributed by atoms with Crippen LogP contribution in [0.3, 0.4) is 0 Å². The molecule has 72 valence electrons. The van der Waals surface area contributed by atoms with Crippen molar-refractivity contribution in [1.29, 1.82) is 0 Å². The van der Waals surface area contributed by atoms with Gasteiger partial charge < -0.3 is 4.90 Å². The van der Waals surface area contributed by atoms with E-state index >= 15 is 0 Å². The van der Waals surface area contributed by atoms with Crippen LogP contribution in [0.4, 0.5) is 4.79 Å². The van der Waals surface area contributed by atoms with Gasteiger partial charge in [-0.25, -0.2) is 0 Å². The van der Waals surface area contributed by atoms with Gasteiger partial charge in [0.1, 0.15) is 0 Å². The highest BCUT2D eigenvalue weighted by Crippen LogP contribution is 2.55. The molecule has 2 saturated carbocycles. The number of amides is 1. The Morgan fingerprint density at radius 2 is 1.69 bits per heavy atom. The van der Waals surface area contributed by atoms with E-state index in [-0.39, 0.29) is 5.37 Å². The van der Waals surface area contributed by atoms with E-state index in [0.717, 1.165) is 36.8 Å². The fourth-order valence-corrected chi connectivity index (χ4v) is 3.96. The second kappa shape index (κ2) is 2.63. The number of carbonyl (C=O) groups is 1. The van der Waals surface area contributed by atoms with Gasteiger partial charge in [0.2, 0.25) is 0 Å². The Balaban J connectivity index is 1.79. The fraction of sp³-hybridized carbons (Fsp3) is 0.900. The third-order valence-electron chi connectivity index (χ3n) is 4.39. The predicted molar refractivity (Wildman–Crippen MR) is 50.6 cm³/mol. The largest absolute Gasteiger partial charge is 0.329 e. The molecular formula is C10H14ClNO. The summed E-state index contributed by atoms with van der Waals surface area (Å²) in [7, 11) is 0. The molecule has 2 aliphatic carbocycles. The summed E-state index contributed by atoms with van der Waals surface area (Å²) in [4.78, 5) is 12.8. The first-order chi connectivity index (χ1) is 6.25. The van der Waals surface area contributed by atoms with Crippen LogP contribution in [0.25, 0.3) is 0 Å². The molecule has 0 aromatic carbocycles. The second-order valence-electron chi connectivity index (χ2n) is 4.82. The summed E-state index contributed by atoms with van der Waals surface area (Å²) in [5, 5.41) is -0.242. The lowest BCUT2D eigenvalue weighted by Gasteiger charge is -2.22. The summed E-state index contributed by atoms with van der Waals surface area (Å²) in [5.41, 5.74) is 0. The van der Waals surface area contributed by atoms with Gasteiger partial charge in [-0.05, 0) is 54.5 Å². The Hall–Kier alpha value is -0.240. The van der Waals surface area contributed by atoms with E-state index in [0.29, 0.717) is 0 Å². The molecule has 2 bridgehead atoms. The van der Waals surface area contributed by atoms with Crippen LogP contribution in [-0.2, 0) is 0 Å². The molecule has 0 spiro atoms. The van der Waals surface area contributed by atoms with Crippen LogP contribution in [0.2, 0.25) is 0 Å². The molecule has 0 aromatic heterocycles. The SMILES string of the molecule is O=C(Cl)N1C[C@@H]2C3CCC(C3)[C@@H]2C1. The smallest absolute Gasteiger partial charge is 0.316 e. The molecule has 1 saturated heterocycles. The van der Waals surface area contributed by atoms with Gasteiger partial charge in [0.15, 0.2) is 0 Å². The summed E-state index contributed by atoms with van der Waals surface area (Å²) in [6, 6.07) is 0. The lowest BCUT2D eigenvalue weighted by Crippen LogP contribution is -2.25. The molecule has 3 heteroatoms. The quantitative estimate of drug-likeness (QED) is 0.433. The minimum Gasteiger partial charge on any atom is -0.329 e. The van der Waals surface area contributed by atoms with Crippen molar-refractivity contribution in [3.05, 3.63) is 0 Å². The number of nitrogens with zero attached hydrogens (tertiary/aromatic N) is 1. The highest BCUT2D eigenvalue weighted by Gasteiger charge is 2.52. The fourth-order valence-electron chi connectivity index (χ4n) is 3.83. The van der Waals surface area contributed by atoms with Crippen molar-refractivity contribution in [2.45, 2.75) is 19.3 Å². The van der Waals surface area contributed by atoms with E-state index in [9.17, 15) is 4.79 Å². The Morgan fingerprint density at radius 3 is 2.15 bits per heavy atom. The molecule has 0 radical (unpaired) electrons. The average molecular weight is 200 g/mol. The predicted octanol–water partition coefficient (Wildman–Crippen LogP) is 2.32. The van der Waals surface area contributed by atoms with Crippen LogP contribution >= 0.6 is 11.6 Å². The average Bonchev–Trinajstić information content (AvgIpc) is 2.76. The zero-order valence-electron chi connectivity index (χ0n) is 7.58. The zero-order valence-corrected chi connectivity index (χ0v) is 8.33. The van der Waals surface area contributed by atoms with Gasteiger partial charge in [-0.3, -0.25) is 4.79 Å². The molecule has 1 heterocycles. The van der Waals surface area contributed by atoms with Crippen molar-refractivity contribution in [3.8, 4) is 0 Å². The van der Waals surface area contributed by atoms with Crippen LogP contribution in [-0.4, -0.2) is 23.4 Å². The molecule has 0 aromatic rings. The maximum absolute atomic E-state index is 11.0. The maximum atomic E-state index is 11.0. The van der Waals surface area contributed by atoms with Crippen LogP contribution in [0, 0.1) is 23.7 Å². The Kier molecular flexibility index (Phi) is 1.64. The molecule has 4 atom stereocenters.